The molecule has 0 amide bonds. The first-order chi connectivity index (χ1) is 22.6. The Balaban J connectivity index is 1.13. The zero-order valence-corrected chi connectivity index (χ0v) is 25.6. The zero-order chi connectivity index (χ0) is 31.0. The minimum atomic E-state index is 0.717. The summed E-state index contributed by atoms with van der Waals surface area (Å²) in [6.45, 7) is 4.08. The number of aromatic nitrogens is 4. The van der Waals surface area contributed by atoms with E-state index in [2.05, 4.69) is 110 Å². The Morgan fingerprint density at radius 1 is 0.370 bits per heavy atom. The number of hydrogen-bond acceptors (Lipinski definition) is 4. The third kappa shape index (κ3) is 5.20. The second-order valence-corrected chi connectivity index (χ2v) is 11.6. The number of benzene rings is 5. The molecule has 0 fully saturated rings. The van der Waals surface area contributed by atoms with Gasteiger partial charge in [-0.15, -0.1) is 0 Å². The van der Waals surface area contributed by atoms with E-state index in [4.69, 9.17) is 19.9 Å². The zero-order valence-electron chi connectivity index (χ0n) is 25.6. The van der Waals surface area contributed by atoms with E-state index in [-0.39, 0.29) is 0 Å². The molecule has 0 saturated heterocycles. The summed E-state index contributed by atoms with van der Waals surface area (Å²) in [7, 11) is 0. The highest BCUT2D eigenvalue weighted by atomic mass is 14.9. The Morgan fingerprint density at radius 2 is 0.891 bits per heavy atom. The molecule has 0 aliphatic rings. The van der Waals surface area contributed by atoms with Gasteiger partial charge in [0.25, 0.3) is 0 Å². The maximum Gasteiger partial charge on any atom is 0.160 e. The summed E-state index contributed by atoms with van der Waals surface area (Å²) in [6, 6.07) is 50.6. The summed E-state index contributed by atoms with van der Waals surface area (Å²) in [5.41, 5.74) is 13.4. The highest BCUT2D eigenvalue weighted by Gasteiger charge is 2.13. The molecule has 8 aromatic rings. The average Bonchev–Trinajstić information content (AvgIpc) is 3.12. The van der Waals surface area contributed by atoms with Gasteiger partial charge in [-0.2, -0.15) is 0 Å². The van der Waals surface area contributed by atoms with E-state index in [0.29, 0.717) is 0 Å². The number of nitrogens with zero attached hydrogens (tertiary/aromatic N) is 4. The van der Waals surface area contributed by atoms with E-state index < -0.39 is 0 Å². The van der Waals surface area contributed by atoms with Crippen LogP contribution in [-0.4, -0.2) is 19.9 Å². The smallest absolute Gasteiger partial charge is 0.160 e. The summed E-state index contributed by atoms with van der Waals surface area (Å²) in [4.78, 5) is 19.6. The van der Waals surface area contributed by atoms with Gasteiger partial charge in [0, 0.05) is 38.9 Å². The molecule has 0 bridgehead atoms. The molecular weight excluding hydrogens is 560 g/mol. The lowest BCUT2D eigenvalue weighted by molar-refractivity contribution is 1.18. The molecule has 0 spiro atoms. The monoisotopic (exact) mass is 590 g/mol. The topological polar surface area (TPSA) is 51.6 Å². The Bertz CT molecular complexity index is 2290. The molecule has 8 rings (SSSR count). The molecule has 0 aliphatic carbocycles. The molecule has 0 atom stereocenters. The molecule has 0 radical (unpaired) electrons. The predicted molar refractivity (Wildman–Crippen MR) is 189 cm³/mol. The third-order valence-electron chi connectivity index (χ3n) is 8.44. The van der Waals surface area contributed by atoms with Crippen LogP contribution < -0.4 is 0 Å². The van der Waals surface area contributed by atoms with Crippen LogP contribution in [0.25, 0.3) is 78.0 Å². The summed E-state index contributed by atoms with van der Waals surface area (Å²) in [6.07, 6.45) is 0. The summed E-state index contributed by atoms with van der Waals surface area (Å²) < 4.78 is 0. The number of aryl methyl sites for hydroxylation is 2. The molecule has 218 valence electrons. The van der Waals surface area contributed by atoms with Crippen molar-refractivity contribution in [3.05, 3.63) is 157 Å². The van der Waals surface area contributed by atoms with Crippen molar-refractivity contribution in [2.45, 2.75) is 13.8 Å². The van der Waals surface area contributed by atoms with Gasteiger partial charge in [-0.25, -0.2) is 9.97 Å². The normalized spacial score (nSPS) is 11.3. The second kappa shape index (κ2) is 11.5. The van der Waals surface area contributed by atoms with Crippen molar-refractivity contribution in [3.63, 3.8) is 0 Å². The minimum Gasteiger partial charge on any atom is -0.251 e. The quantitative estimate of drug-likeness (QED) is 0.187. The van der Waals surface area contributed by atoms with Crippen molar-refractivity contribution in [1.29, 1.82) is 0 Å². The lowest BCUT2D eigenvalue weighted by Crippen LogP contribution is -1.95. The van der Waals surface area contributed by atoms with Crippen LogP contribution in [0.3, 0.4) is 0 Å². The van der Waals surface area contributed by atoms with Gasteiger partial charge in [-0.1, -0.05) is 127 Å². The first-order valence-corrected chi connectivity index (χ1v) is 15.5. The van der Waals surface area contributed by atoms with Crippen LogP contribution in [0.15, 0.2) is 146 Å². The van der Waals surface area contributed by atoms with E-state index >= 15 is 0 Å². The van der Waals surface area contributed by atoms with Crippen molar-refractivity contribution in [2.75, 3.05) is 0 Å². The molecule has 0 unspecified atom stereocenters. The molecule has 5 aromatic carbocycles. The molecule has 3 heterocycles. The van der Waals surface area contributed by atoms with Crippen LogP contribution in [0.5, 0.6) is 0 Å². The van der Waals surface area contributed by atoms with Gasteiger partial charge < -0.3 is 0 Å². The Labute approximate surface area is 268 Å². The first kappa shape index (κ1) is 27.5. The molecular formula is C42H30N4. The largest absolute Gasteiger partial charge is 0.251 e. The predicted octanol–water partition coefficient (Wildman–Crippen LogP) is 10.5. The van der Waals surface area contributed by atoms with Gasteiger partial charge in [0.1, 0.15) is 0 Å². The fraction of sp³-hybridized carbons (Fsp3) is 0.0476. The Kier molecular flexibility index (Phi) is 6.88. The fourth-order valence-corrected chi connectivity index (χ4v) is 6.08. The van der Waals surface area contributed by atoms with Crippen molar-refractivity contribution in [2.24, 2.45) is 0 Å². The molecule has 4 nitrogen and oxygen atoms in total. The van der Waals surface area contributed by atoms with Gasteiger partial charge in [0.05, 0.1) is 22.4 Å². The van der Waals surface area contributed by atoms with Crippen LogP contribution in [0.1, 0.15) is 11.4 Å². The molecule has 0 aliphatic heterocycles. The number of hydrogen-bond donors (Lipinski definition) is 0. The summed E-state index contributed by atoms with van der Waals surface area (Å²) in [5, 5.41) is 2.22. The first-order valence-electron chi connectivity index (χ1n) is 15.5. The van der Waals surface area contributed by atoms with Crippen LogP contribution >= 0.6 is 0 Å². The molecule has 4 heteroatoms. The van der Waals surface area contributed by atoms with E-state index in [1.807, 2.05) is 49.4 Å². The molecule has 3 aromatic heterocycles. The van der Waals surface area contributed by atoms with E-state index in [0.717, 1.165) is 83.8 Å². The van der Waals surface area contributed by atoms with E-state index in [9.17, 15) is 0 Å². The summed E-state index contributed by atoms with van der Waals surface area (Å²) in [5.74, 6) is 0.717. The molecule has 0 saturated carbocycles. The minimum absolute atomic E-state index is 0.717. The maximum absolute atomic E-state index is 4.98. The van der Waals surface area contributed by atoms with Crippen LogP contribution in [-0.2, 0) is 0 Å². The van der Waals surface area contributed by atoms with Gasteiger partial charge >= 0.3 is 0 Å². The Morgan fingerprint density at radius 3 is 1.54 bits per heavy atom. The standard InChI is InChI=1S/C42H30N4/c1-27-13-14-34-23-24-36-37(25-28(2)44-41(36)40(34)43-27)31-19-15-29(16-20-31)30-17-21-33(22-18-30)39-26-38(32-9-5-3-6-10-32)45-42(46-39)35-11-7-4-8-12-35/h3-26H,1-2H3. The van der Waals surface area contributed by atoms with Gasteiger partial charge in [-0.3, -0.25) is 9.97 Å². The van der Waals surface area contributed by atoms with Crippen molar-refractivity contribution >= 4 is 21.8 Å². The third-order valence-corrected chi connectivity index (χ3v) is 8.44. The van der Waals surface area contributed by atoms with Crippen molar-refractivity contribution < 1.29 is 0 Å². The number of fused-ring (bicyclic) bond motifs is 3. The average molecular weight is 591 g/mol. The SMILES string of the molecule is Cc1ccc2ccc3c(-c4ccc(-c5ccc(-c6cc(-c7ccccc7)nc(-c7ccccc7)n6)cc5)cc4)cc(C)nc3c2n1. The lowest BCUT2D eigenvalue weighted by Gasteiger charge is -2.12. The molecule has 0 N–H and O–H groups in total. The second-order valence-electron chi connectivity index (χ2n) is 11.6. The molecule has 46 heavy (non-hydrogen) atoms. The van der Waals surface area contributed by atoms with Crippen molar-refractivity contribution in [1.82, 2.24) is 19.9 Å². The van der Waals surface area contributed by atoms with Crippen LogP contribution in [0, 0.1) is 13.8 Å². The van der Waals surface area contributed by atoms with E-state index in [1.54, 1.807) is 0 Å². The van der Waals surface area contributed by atoms with Crippen LogP contribution in [0.4, 0.5) is 0 Å². The van der Waals surface area contributed by atoms with Gasteiger partial charge in [0.2, 0.25) is 0 Å². The summed E-state index contributed by atoms with van der Waals surface area (Å²) >= 11 is 0. The highest BCUT2D eigenvalue weighted by molar-refractivity contribution is 6.08. The Hall–Kier alpha value is -6.00. The number of pyridine rings is 2. The maximum atomic E-state index is 4.98. The van der Waals surface area contributed by atoms with Gasteiger partial charge in [0.15, 0.2) is 5.82 Å². The fourth-order valence-electron chi connectivity index (χ4n) is 6.08. The van der Waals surface area contributed by atoms with Crippen molar-refractivity contribution in [3.8, 4) is 56.2 Å². The van der Waals surface area contributed by atoms with Crippen LogP contribution in [0.2, 0.25) is 0 Å². The van der Waals surface area contributed by atoms with Gasteiger partial charge in [-0.05, 0) is 54.3 Å². The highest BCUT2D eigenvalue weighted by Crippen LogP contribution is 2.34. The van der Waals surface area contributed by atoms with E-state index in [1.165, 1.54) is 5.56 Å². The number of rotatable bonds is 5. The lowest BCUT2D eigenvalue weighted by atomic mass is 9.96.